The molecule has 1 aliphatic rings. The largest absolute Gasteiger partial charge is 0.497 e. The number of hydrogen-bond acceptors (Lipinski definition) is 4. The molecule has 1 aromatic heterocycles. The van der Waals surface area contributed by atoms with Gasteiger partial charge in [0.05, 0.1) is 24.2 Å². The van der Waals surface area contributed by atoms with Gasteiger partial charge in [0.25, 0.3) is 0 Å². The molecule has 4 rings (SSSR count). The first kappa shape index (κ1) is 14.7. The number of nitrogens with zero attached hydrogens (tertiary/aromatic N) is 1. The van der Waals surface area contributed by atoms with E-state index in [4.69, 9.17) is 4.74 Å². The number of anilines is 1. The normalized spacial score (nSPS) is 12.7. The zero-order valence-electron chi connectivity index (χ0n) is 13.1. The summed E-state index contributed by atoms with van der Waals surface area (Å²) in [5.41, 5.74) is 4.10. The molecule has 0 saturated carbocycles. The number of ether oxygens (including phenoxy) is 1. The highest BCUT2D eigenvalue weighted by molar-refractivity contribution is 8.00. The summed E-state index contributed by atoms with van der Waals surface area (Å²) < 4.78 is 7.64. The van der Waals surface area contributed by atoms with Crippen LogP contribution < -0.4 is 9.04 Å². The molecular formula is C19H17NOS2. The van der Waals surface area contributed by atoms with Crippen LogP contribution in [0.4, 0.5) is 5.69 Å². The molecule has 4 heteroatoms. The number of aryl methyl sites for hydroxylation is 1. The zero-order chi connectivity index (χ0) is 15.8. The number of hydrogen-bond donors (Lipinski definition) is 0. The van der Waals surface area contributed by atoms with Gasteiger partial charge in [-0.05, 0) is 60.3 Å². The minimum absolute atomic E-state index is 0.894. The third kappa shape index (κ3) is 2.73. The first-order chi connectivity index (χ1) is 11.2. The molecule has 0 spiro atoms. The van der Waals surface area contributed by atoms with Crippen LogP contribution in [0.2, 0.25) is 0 Å². The Morgan fingerprint density at radius 3 is 2.65 bits per heavy atom. The Hall–Kier alpha value is -1.91. The summed E-state index contributed by atoms with van der Waals surface area (Å²) in [5.74, 6) is 0.894. The number of thiophene rings is 1. The van der Waals surface area contributed by atoms with E-state index in [1.807, 2.05) is 23.5 Å². The lowest BCUT2D eigenvalue weighted by molar-refractivity contribution is 0.414. The molecule has 0 aliphatic carbocycles. The second kappa shape index (κ2) is 5.95. The van der Waals surface area contributed by atoms with E-state index in [9.17, 15) is 0 Å². The number of methoxy groups -OCH3 is 1. The number of fused-ring (bicyclic) bond motifs is 3. The minimum Gasteiger partial charge on any atom is -0.497 e. The van der Waals surface area contributed by atoms with Gasteiger partial charge in [0.1, 0.15) is 5.75 Å². The second-order valence-electron chi connectivity index (χ2n) is 5.53. The lowest BCUT2D eigenvalue weighted by Gasteiger charge is -2.29. The number of benzene rings is 2. The summed E-state index contributed by atoms with van der Waals surface area (Å²) >= 11 is 3.67. The van der Waals surface area contributed by atoms with Crippen LogP contribution in [0.5, 0.6) is 5.75 Å². The molecule has 0 unspecified atom stereocenters. The Morgan fingerprint density at radius 2 is 1.87 bits per heavy atom. The van der Waals surface area contributed by atoms with Gasteiger partial charge in [-0.15, -0.1) is 11.3 Å². The fraction of sp³-hybridized carbons (Fsp3) is 0.158. The summed E-state index contributed by atoms with van der Waals surface area (Å²) in [6.07, 6.45) is 0. The van der Waals surface area contributed by atoms with Crippen molar-refractivity contribution >= 4 is 29.0 Å². The Kier molecular flexibility index (Phi) is 3.79. The maximum atomic E-state index is 5.24. The minimum atomic E-state index is 0.894. The zero-order valence-corrected chi connectivity index (χ0v) is 14.7. The van der Waals surface area contributed by atoms with Gasteiger partial charge in [-0.25, -0.2) is 0 Å². The smallest absolute Gasteiger partial charge is 0.118 e. The lowest BCUT2D eigenvalue weighted by Crippen LogP contribution is -2.17. The summed E-state index contributed by atoms with van der Waals surface area (Å²) in [6.45, 7) is 3.11. The highest BCUT2D eigenvalue weighted by Crippen LogP contribution is 2.48. The summed E-state index contributed by atoms with van der Waals surface area (Å²) in [7, 11) is 1.70. The molecule has 3 aromatic rings. The average molecular weight is 339 g/mol. The van der Waals surface area contributed by atoms with Crippen LogP contribution in [0, 0.1) is 6.92 Å². The van der Waals surface area contributed by atoms with Crippen LogP contribution in [0.3, 0.4) is 0 Å². The Labute approximate surface area is 144 Å². The van der Waals surface area contributed by atoms with Gasteiger partial charge in [0.15, 0.2) is 0 Å². The molecule has 0 bridgehead atoms. The van der Waals surface area contributed by atoms with Gasteiger partial charge in [-0.1, -0.05) is 24.3 Å². The topological polar surface area (TPSA) is 12.5 Å². The molecule has 0 saturated heterocycles. The molecule has 116 valence electrons. The van der Waals surface area contributed by atoms with Gasteiger partial charge in [0, 0.05) is 9.77 Å². The fourth-order valence-corrected chi connectivity index (χ4v) is 4.94. The van der Waals surface area contributed by atoms with Crippen LogP contribution in [-0.2, 0) is 6.54 Å². The standard InChI is InChI=1S/C19H17NOS2/c1-13-11-18-19(22-13)17-6-4-3-5-14(17)12-20(18)23-16-9-7-15(21-2)8-10-16/h3-11H,12H2,1-2H3. The van der Waals surface area contributed by atoms with Crippen molar-refractivity contribution in [3.05, 3.63) is 65.0 Å². The third-order valence-corrected chi connectivity index (χ3v) is 6.06. The monoisotopic (exact) mass is 339 g/mol. The van der Waals surface area contributed by atoms with E-state index >= 15 is 0 Å². The summed E-state index contributed by atoms with van der Waals surface area (Å²) in [4.78, 5) is 3.96. The van der Waals surface area contributed by atoms with Crippen molar-refractivity contribution in [2.75, 3.05) is 11.4 Å². The van der Waals surface area contributed by atoms with Crippen molar-refractivity contribution in [1.82, 2.24) is 0 Å². The van der Waals surface area contributed by atoms with Crippen LogP contribution in [0.1, 0.15) is 10.4 Å². The van der Waals surface area contributed by atoms with Crippen LogP contribution in [-0.4, -0.2) is 7.11 Å². The van der Waals surface area contributed by atoms with Gasteiger partial charge < -0.3 is 9.04 Å². The van der Waals surface area contributed by atoms with E-state index in [0.717, 1.165) is 12.3 Å². The Balaban J connectivity index is 1.69. The Morgan fingerprint density at radius 1 is 1.09 bits per heavy atom. The molecule has 2 aromatic carbocycles. The molecule has 0 atom stereocenters. The fourth-order valence-electron chi connectivity index (χ4n) is 2.84. The van der Waals surface area contributed by atoms with Crippen molar-refractivity contribution in [3.8, 4) is 16.2 Å². The molecule has 0 fully saturated rings. The van der Waals surface area contributed by atoms with E-state index in [1.165, 1.54) is 31.5 Å². The molecule has 0 amide bonds. The van der Waals surface area contributed by atoms with Gasteiger partial charge >= 0.3 is 0 Å². The molecular weight excluding hydrogens is 322 g/mol. The van der Waals surface area contributed by atoms with E-state index < -0.39 is 0 Å². The quantitative estimate of drug-likeness (QED) is 0.563. The lowest BCUT2D eigenvalue weighted by atomic mass is 10.0. The van der Waals surface area contributed by atoms with Crippen molar-refractivity contribution in [2.45, 2.75) is 18.4 Å². The first-order valence-corrected chi connectivity index (χ1v) is 9.12. The van der Waals surface area contributed by atoms with Crippen LogP contribution in [0.25, 0.3) is 10.4 Å². The highest BCUT2D eigenvalue weighted by Gasteiger charge is 2.24. The van der Waals surface area contributed by atoms with E-state index in [-0.39, 0.29) is 0 Å². The maximum Gasteiger partial charge on any atom is 0.118 e. The van der Waals surface area contributed by atoms with Crippen molar-refractivity contribution in [2.24, 2.45) is 0 Å². The average Bonchev–Trinajstić information content (AvgIpc) is 2.98. The van der Waals surface area contributed by atoms with Crippen molar-refractivity contribution in [1.29, 1.82) is 0 Å². The molecule has 23 heavy (non-hydrogen) atoms. The number of rotatable bonds is 3. The van der Waals surface area contributed by atoms with Crippen molar-refractivity contribution < 1.29 is 4.74 Å². The van der Waals surface area contributed by atoms with Gasteiger partial charge in [-0.3, -0.25) is 0 Å². The van der Waals surface area contributed by atoms with Crippen LogP contribution >= 0.6 is 23.3 Å². The van der Waals surface area contributed by atoms with E-state index in [0.29, 0.717) is 0 Å². The predicted molar refractivity (Wildman–Crippen MR) is 99.5 cm³/mol. The second-order valence-corrected chi connectivity index (χ2v) is 7.88. The summed E-state index contributed by atoms with van der Waals surface area (Å²) in [6, 6.07) is 19.3. The summed E-state index contributed by atoms with van der Waals surface area (Å²) in [5, 5.41) is 0. The maximum absolute atomic E-state index is 5.24. The Bertz CT molecular complexity index is 839. The molecule has 0 radical (unpaired) electrons. The predicted octanol–water partition coefficient (Wildman–Crippen LogP) is 5.76. The molecule has 2 nitrogen and oxygen atoms in total. The third-order valence-electron chi connectivity index (χ3n) is 3.96. The van der Waals surface area contributed by atoms with Gasteiger partial charge in [0.2, 0.25) is 0 Å². The SMILES string of the molecule is COc1ccc(SN2Cc3ccccc3-c3sc(C)cc32)cc1. The van der Waals surface area contributed by atoms with E-state index in [2.05, 4.69) is 53.7 Å². The van der Waals surface area contributed by atoms with Gasteiger partial charge in [-0.2, -0.15) is 0 Å². The molecule has 1 aliphatic heterocycles. The first-order valence-electron chi connectivity index (χ1n) is 7.53. The molecule has 2 heterocycles. The highest BCUT2D eigenvalue weighted by atomic mass is 32.2. The molecule has 0 N–H and O–H groups in total. The van der Waals surface area contributed by atoms with E-state index in [1.54, 1.807) is 19.1 Å². The van der Waals surface area contributed by atoms with Crippen LogP contribution in [0.15, 0.2) is 59.5 Å². The van der Waals surface area contributed by atoms with Crippen molar-refractivity contribution in [3.63, 3.8) is 0 Å².